The molecule has 0 fully saturated rings. The Morgan fingerprint density at radius 3 is 2.64 bits per heavy atom. The number of hydrogen-bond acceptors (Lipinski definition) is 8. The van der Waals surface area contributed by atoms with Crippen LogP contribution >= 0.6 is 11.3 Å². The second kappa shape index (κ2) is 7.28. The predicted octanol–water partition coefficient (Wildman–Crippen LogP) is 2.16. The Kier molecular flexibility index (Phi) is 5.40. The molecular formula is C14H18N2O5S. The van der Waals surface area contributed by atoms with Gasteiger partial charge in [0.25, 0.3) is 0 Å². The molecule has 0 aliphatic rings. The topological polar surface area (TPSA) is 78.9 Å². The third-order valence-corrected chi connectivity index (χ3v) is 4.01. The van der Waals surface area contributed by atoms with Gasteiger partial charge in [-0.1, -0.05) is 11.3 Å². The number of nitrogens with one attached hydrogen (secondary N) is 1. The molecule has 0 unspecified atom stereocenters. The van der Waals surface area contributed by atoms with Crippen LogP contribution in [-0.4, -0.2) is 52.5 Å². The van der Waals surface area contributed by atoms with Crippen molar-refractivity contribution in [3.05, 3.63) is 11.6 Å². The number of fused-ring (bicyclic) bond motifs is 1. The maximum atomic E-state index is 12.0. The molecule has 0 saturated carbocycles. The van der Waals surface area contributed by atoms with Crippen LogP contribution in [0.3, 0.4) is 0 Å². The van der Waals surface area contributed by atoms with Gasteiger partial charge in [0.2, 0.25) is 0 Å². The first-order valence-electron chi connectivity index (χ1n) is 6.52. The number of nitrogens with zero attached hydrogens (tertiary/aromatic N) is 1. The molecule has 0 atom stereocenters. The summed E-state index contributed by atoms with van der Waals surface area (Å²) in [6.45, 7) is 1.17. The molecule has 8 heteroatoms. The molecule has 7 nitrogen and oxygen atoms in total. The van der Waals surface area contributed by atoms with Crippen molar-refractivity contribution in [3.8, 4) is 11.5 Å². The largest absolute Gasteiger partial charge is 0.493 e. The average Bonchev–Trinajstić information content (AvgIpc) is 2.96. The summed E-state index contributed by atoms with van der Waals surface area (Å²) in [5, 5.41) is 3.81. The van der Waals surface area contributed by atoms with Crippen LogP contribution in [0.4, 0.5) is 5.13 Å². The van der Waals surface area contributed by atoms with Crippen molar-refractivity contribution in [2.75, 3.05) is 46.9 Å². The summed E-state index contributed by atoms with van der Waals surface area (Å²) in [7, 11) is 6.02. The summed E-state index contributed by atoms with van der Waals surface area (Å²) in [6, 6.07) is 1.58. The van der Waals surface area contributed by atoms with Crippen molar-refractivity contribution in [1.29, 1.82) is 0 Å². The zero-order valence-electron chi connectivity index (χ0n) is 12.9. The molecule has 0 spiro atoms. The second-order valence-electron chi connectivity index (χ2n) is 4.27. The van der Waals surface area contributed by atoms with E-state index in [1.54, 1.807) is 20.3 Å². The third-order valence-electron chi connectivity index (χ3n) is 3.00. The molecule has 0 aliphatic carbocycles. The van der Waals surface area contributed by atoms with Crippen molar-refractivity contribution in [2.24, 2.45) is 0 Å². The Morgan fingerprint density at radius 1 is 1.27 bits per heavy atom. The molecule has 0 radical (unpaired) electrons. The number of aromatic nitrogens is 1. The summed E-state index contributed by atoms with van der Waals surface area (Å²) in [6.07, 6.45) is 0. The zero-order valence-corrected chi connectivity index (χ0v) is 13.7. The number of thiazole rings is 1. The monoisotopic (exact) mass is 326 g/mol. The van der Waals surface area contributed by atoms with E-state index in [4.69, 9.17) is 18.9 Å². The smallest absolute Gasteiger partial charge is 0.340 e. The van der Waals surface area contributed by atoms with Crippen LogP contribution in [0.25, 0.3) is 10.2 Å². The Bertz CT molecular complexity index is 671. The van der Waals surface area contributed by atoms with E-state index in [-0.39, 0.29) is 0 Å². The molecular weight excluding hydrogens is 308 g/mol. The fourth-order valence-corrected chi connectivity index (χ4v) is 3.01. The van der Waals surface area contributed by atoms with Gasteiger partial charge in [-0.15, -0.1) is 0 Å². The van der Waals surface area contributed by atoms with Gasteiger partial charge in [-0.2, -0.15) is 0 Å². The summed E-state index contributed by atoms with van der Waals surface area (Å²) in [5.41, 5.74) is 0.862. The molecule has 1 aromatic carbocycles. The van der Waals surface area contributed by atoms with Crippen molar-refractivity contribution < 1.29 is 23.7 Å². The van der Waals surface area contributed by atoms with Gasteiger partial charge in [0, 0.05) is 19.7 Å². The van der Waals surface area contributed by atoms with Crippen LogP contribution in [-0.2, 0) is 9.47 Å². The van der Waals surface area contributed by atoms with Gasteiger partial charge in [0.15, 0.2) is 16.6 Å². The van der Waals surface area contributed by atoms with Crippen LogP contribution in [0.2, 0.25) is 0 Å². The first-order valence-corrected chi connectivity index (χ1v) is 7.34. The van der Waals surface area contributed by atoms with Crippen LogP contribution in [0.5, 0.6) is 11.5 Å². The number of esters is 1. The van der Waals surface area contributed by atoms with Crippen molar-refractivity contribution in [2.45, 2.75) is 0 Å². The van der Waals surface area contributed by atoms with Gasteiger partial charge in [-0.05, 0) is 0 Å². The number of anilines is 1. The number of hydrogen-bond donors (Lipinski definition) is 1. The lowest BCUT2D eigenvalue weighted by Crippen LogP contribution is -2.07. The van der Waals surface area contributed by atoms with Gasteiger partial charge in [-0.3, -0.25) is 0 Å². The fourth-order valence-electron chi connectivity index (χ4n) is 1.98. The van der Waals surface area contributed by atoms with E-state index in [9.17, 15) is 4.79 Å². The summed E-state index contributed by atoms with van der Waals surface area (Å²) in [4.78, 5) is 16.4. The highest BCUT2D eigenvalue weighted by molar-refractivity contribution is 7.22. The molecule has 1 heterocycles. The molecule has 2 aromatic rings. The third kappa shape index (κ3) is 3.07. The molecule has 2 rings (SSSR count). The Balaban J connectivity index is 2.56. The average molecular weight is 326 g/mol. The first-order chi connectivity index (χ1) is 10.7. The van der Waals surface area contributed by atoms with E-state index in [1.807, 2.05) is 0 Å². The number of benzene rings is 1. The maximum Gasteiger partial charge on any atom is 0.340 e. The predicted molar refractivity (Wildman–Crippen MR) is 84.4 cm³/mol. The van der Waals surface area contributed by atoms with Gasteiger partial charge >= 0.3 is 5.97 Å². The van der Waals surface area contributed by atoms with Crippen molar-refractivity contribution >= 4 is 32.7 Å². The molecule has 0 amide bonds. The van der Waals surface area contributed by atoms with Crippen molar-refractivity contribution in [1.82, 2.24) is 4.98 Å². The van der Waals surface area contributed by atoms with E-state index < -0.39 is 5.97 Å². The lowest BCUT2D eigenvalue weighted by Gasteiger charge is -2.10. The molecule has 1 N–H and O–H groups in total. The van der Waals surface area contributed by atoms with Crippen LogP contribution in [0.1, 0.15) is 10.4 Å². The number of carbonyl (C=O) groups is 1. The highest BCUT2D eigenvalue weighted by Crippen LogP contribution is 2.42. The highest BCUT2D eigenvalue weighted by Gasteiger charge is 2.22. The first kappa shape index (κ1) is 16.3. The van der Waals surface area contributed by atoms with Crippen molar-refractivity contribution in [3.63, 3.8) is 0 Å². The normalized spacial score (nSPS) is 10.5. The Hall–Kier alpha value is -2.06. The summed E-state index contributed by atoms with van der Waals surface area (Å²) < 4.78 is 21.2. The van der Waals surface area contributed by atoms with Gasteiger partial charge in [-0.25, -0.2) is 9.78 Å². The lowest BCUT2D eigenvalue weighted by molar-refractivity contribution is 0.0602. The molecule has 0 saturated heterocycles. The quantitative estimate of drug-likeness (QED) is 0.617. The lowest BCUT2D eigenvalue weighted by atomic mass is 10.1. The molecule has 0 bridgehead atoms. The van der Waals surface area contributed by atoms with Crippen LogP contribution < -0.4 is 14.8 Å². The van der Waals surface area contributed by atoms with E-state index in [2.05, 4.69) is 10.3 Å². The van der Waals surface area contributed by atoms with Gasteiger partial charge in [0.05, 0.1) is 33.5 Å². The standard InChI is InChI=1S/C14H18N2O5S/c1-18-6-5-15-14-16-10-8(13(17)21-4)7-9(19-2)11(20-3)12(10)22-14/h7H,5-6H2,1-4H3,(H,15,16). The second-order valence-corrected chi connectivity index (χ2v) is 5.27. The van der Waals surface area contributed by atoms with E-state index in [0.717, 1.165) is 4.70 Å². The number of rotatable bonds is 7. The van der Waals surface area contributed by atoms with Crippen LogP contribution in [0, 0.1) is 0 Å². The summed E-state index contributed by atoms with van der Waals surface area (Å²) >= 11 is 1.38. The molecule has 0 aliphatic heterocycles. The van der Waals surface area contributed by atoms with E-state index >= 15 is 0 Å². The number of carbonyl (C=O) groups excluding carboxylic acids is 1. The van der Waals surface area contributed by atoms with Gasteiger partial charge < -0.3 is 24.3 Å². The minimum Gasteiger partial charge on any atom is -0.493 e. The van der Waals surface area contributed by atoms with E-state index in [0.29, 0.717) is 40.9 Å². The summed E-state index contributed by atoms with van der Waals surface area (Å²) in [5.74, 6) is 0.532. The van der Waals surface area contributed by atoms with E-state index in [1.165, 1.54) is 25.6 Å². The molecule has 22 heavy (non-hydrogen) atoms. The highest BCUT2D eigenvalue weighted by atomic mass is 32.1. The Labute approximate surface area is 132 Å². The minimum absolute atomic E-state index is 0.339. The minimum atomic E-state index is -0.473. The maximum absolute atomic E-state index is 12.0. The molecule has 1 aromatic heterocycles. The Morgan fingerprint density at radius 2 is 2.05 bits per heavy atom. The number of ether oxygens (including phenoxy) is 4. The zero-order chi connectivity index (χ0) is 16.1. The molecule has 120 valence electrons. The van der Waals surface area contributed by atoms with Crippen LogP contribution in [0.15, 0.2) is 6.07 Å². The van der Waals surface area contributed by atoms with Gasteiger partial charge in [0.1, 0.15) is 10.2 Å². The fraction of sp³-hybridized carbons (Fsp3) is 0.429. The SMILES string of the molecule is COCCNc1nc2c(C(=O)OC)cc(OC)c(OC)c2s1. The number of methoxy groups -OCH3 is 4.